The quantitative estimate of drug-likeness (QED) is 0.853. The molecule has 7 heteroatoms. The molecule has 24 heavy (non-hydrogen) atoms. The van der Waals surface area contributed by atoms with E-state index in [0.717, 1.165) is 37.3 Å². The van der Waals surface area contributed by atoms with Crippen molar-refractivity contribution in [1.82, 2.24) is 15.2 Å². The number of hydrogen-bond donors (Lipinski definition) is 2. The number of urea groups is 1. The molecule has 0 radical (unpaired) electrons. The van der Waals surface area contributed by atoms with Crippen molar-refractivity contribution in [3.8, 4) is 0 Å². The Hall–Kier alpha value is -1.86. The Bertz CT molecular complexity index is 540. The number of rotatable bonds is 4. The Labute approximate surface area is 142 Å². The zero-order valence-corrected chi connectivity index (χ0v) is 14.0. The van der Waals surface area contributed by atoms with Gasteiger partial charge >= 0.3 is 6.03 Å². The first-order valence-electron chi connectivity index (χ1n) is 8.68. The van der Waals surface area contributed by atoms with Crippen molar-refractivity contribution in [3.63, 3.8) is 0 Å². The van der Waals surface area contributed by atoms with Crippen LogP contribution in [0.4, 0.5) is 10.6 Å². The van der Waals surface area contributed by atoms with Crippen LogP contribution < -0.4 is 10.2 Å². The first-order chi connectivity index (χ1) is 11.8. The molecule has 0 aromatic carbocycles. The van der Waals surface area contributed by atoms with Gasteiger partial charge in [-0.25, -0.2) is 9.78 Å². The first-order valence-corrected chi connectivity index (χ1v) is 8.68. The van der Waals surface area contributed by atoms with Crippen LogP contribution in [0.3, 0.4) is 0 Å². The number of hydrogen-bond acceptors (Lipinski definition) is 5. The number of aromatic nitrogens is 1. The molecule has 7 nitrogen and oxygen atoms in total. The van der Waals surface area contributed by atoms with Crippen molar-refractivity contribution < 1.29 is 14.6 Å². The minimum atomic E-state index is -0.0387. The van der Waals surface area contributed by atoms with E-state index in [1.807, 2.05) is 17.0 Å². The van der Waals surface area contributed by atoms with E-state index in [2.05, 4.69) is 15.2 Å². The van der Waals surface area contributed by atoms with Gasteiger partial charge in [-0.05, 0) is 24.8 Å². The molecule has 2 amide bonds. The number of carbonyl (C=O) groups excluding carboxylic acids is 1. The van der Waals surface area contributed by atoms with Crippen molar-refractivity contribution >= 4 is 11.8 Å². The Kier molecular flexibility index (Phi) is 5.87. The van der Waals surface area contributed by atoms with Gasteiger partial charge in [0.15, 0.2) is 0 Å². The lowest BCUT2D eigenvalue weighted by atomic mass is 9.98. The average molecular weight is 334 g/mol. The molecule has 0 unspecified atom stereocenters. The molecule has 2 saturated heterocycles. The first kappa shape index (κ1) is 17.0. The highest BCUT2D eigenvalue weighted by Gasteiger charge is 2.22. The van der Waals surface area contributed by atoms with Crippen LogP contribution in [0.5, 0.6) is 0 Å². The number of aliphatic hydroxyl groups excluding tert-OH is 1. The van der Waals surface area contributed by atoms with Crippen molar-refractivity contribution in [3.05, 3.63) is 23.9 Å². The third-order valence-corrected chi connectivity index (χ3v) is 4.77. The van der Waals surface area contributed by atoms with Crippen LogP contribution in [0.2, 0.25) is 0 Å². The SMILES string of the molecule is O=C(NCc1cccnc1N1CCOCC1)N1CCC(CO)CC1. The molecule has 2 aliphatic heterocycles. The maximum Gasteiger partial charge on any atom is 0.317 e. The monoisotopic (exact) mass is 334 g/mol. The number of morpholine rings is 1. The summed E-state index contributed by atoms with van der Waals surface area (Å²) in [6.45, 7) is 5.18. The zero-order valence-electron chi connectivity index (χ0n) is 14.0. The molecule has 1 aromatic rings. The number of nitrogens with one attached hydrogen (secondary N) is 1. The number of ether oxygens (including phenoxy) is 1. The molecule has 0 saturated carbocycles. The summed E-state index contributed by atoms with van der Waals surface area (Å²) in [5.41, 5.74) is 1.03. The molecule has 2 N–H and O–H groups in total. The average Bonchev–Trinajstić information content (AvgIpc) is 2.67. The smallest absolute Gasteiger partial charge is 0.317 e. The third kappa shape index (κ3) is 4.15. The highest BCUT2D eigenvalue weighted by Crippen LogP contribution is 2.19. The summed E-state index contributed by atoms with van der Waals surface area (Å²) in [5, 5.41) is 12.2. The second kappa shape index (κ2) is 8.30. The predicted octanol–water partition coefficient (Wildman–Crippen LogP) is 0.832. The second-order valence-electron chi connectivity index (χ2n) is 6.36. The van der Waals surface area contributed by atoms with Crippen molar-refractivity contribution in [2.75, 3.05) is 50.9 Å². The van der Waals surface area contributed by atoms with E-state index in [1.165, 1.54) is 0 Å². The summed E-state index contributed by atoms with van der Waals surface area (Å²) in [6.07, 6.45) is 3.53. The van der Waals surface area contributed by atoms with Crippen molar-refractivity contribution in [2.45, 2.75) is 19.4 Å². The maximum absolute atomic E-state index is 12.4. The predicted molar refractivity (Wildman–Crippen MR) is 90.9 cm³/mol. The van der Waals surface area contributed by atoms with Gasteiger partial charge in [0.05, 0.1) is 13.2 Å². The number of anilines is 1. The summed E-state index contributed by atoms with van der Waals surface area (Å²) in [5.74, 6) is 1.26. The molecule has 3 heterocycles. The fourth-order valence-corrected chi connectivity index (χ4v) is 3.23. The lowest BCUT2D eigenvalue weighted by Crippen LogP contribution is -2.45. The largest absolute Gasteiger partial charge is 0.396 e. The number of carbonyl (C=O) groups is 1. The van der Waals surface area contributed by atoms with Gasteiger partial charge in [-0.1, -0.05) is 6.07 Å². The molecule has 0 spiro atoms. The minimum Gasteiger partial charge on any atom is -0.396 e. The van der Waals surface area contributed by atoms with Gasteiger partial charge in [-0.15, -0.1) is 0 Å². The van der Waals surface area contributed by atoms with Crippen LogP contribution in [-0.4, -0.2) is 67.0 Å². The van der Waals surface area contributed by atoms with E-state index < -0.39 is 0 Å². The molecule has 2 fully saturated rings. The molecule has 3 rings (SSSR count). The van der Waals surface area contributed by atoms with Crippen molar-refractivity contribution in [1.29, 1.82) is 0 Å². The molecule has 0 atom stereocenters. The van der Waals surface area contributed by atoms with E-state index >= 15 is 0 Å². The maximum atomic E-state index is 12.4. The van der Waals surface area contributed by atoms with Gasteiger partial charge in [0.1, 0.15) is 5.82 Å². The Balaban J connectivity index is 1.55. The molecule has 0 aliphatic carbocycles. The van der Waals surface area contributed by atoms with E-state index in [9.17, 15) is 9.90 Å². The van der Waals surface area contributed by atoms with Gasteiger partial charge in [-0.3, -0.25) is 0 Å². The van der Waals surface area contributed by atoms with Gasteiger partial charge in [0.2, 0.25) is 0 Å². The van der Waals surface area contributed by atoms with E-state index in [1.54, 1.807) is 6.20 Å². The summed E-state index contributed by atoms with van der Waals surface area (Å²) < 4.78 is 5.39. The van der Waals surface area contributed by atoms with E-state index in [4.69, 9.17) is 4.74 Å². The number of likely N-dealkylation sites (tertiary alicyclic amines) is 1. The van der Waals surface area contributed by atoms with Gasteiger partial charge in [0.25, 0.3) is 0 Å². The van der Waals surface area contributed by atoms with Crippen molar-refractivity contribution in [2.24, 2.45) is 5.92 Å². The van der Waals surface area contributed by atoms with E-state index in [0.29, 0.717) is 38.8 Å². The van der Waals surface area contributed by atoms with E-state index in [-0.39, 0.29) is 12.6 Å². The van der Waals surface area contributed by atoms with Gasteiger partial charge in [-0.2, -0.15) is 0 Å². The summed E-state index contributed by atoms with van der Waals surface area (Å²) in [4.78, 5) is 20.9. The summed E-state index contributed by atoms with van der Waals surface area (Å²) in [6, 6.07) is 3.87. The number of pyridine rings is 1. The molecular formula is C17H26N4O3. The number of aliphatic hydroxyl groups is 1. The Morgan fingerprint density at radius 1 is 1.29 bits per heavy atom. The zero-order chi connectivity index (χ0) is 16.8. The summed E-state index contributed by atoms with van der Waals surface area (Å²) >= 11 is 0. The second-order valence-corrected chi connectivity index (χ2v) is 6.36. The highest BCUT2D eigenvalue weighted by atomic mass is 16.5. The van der Waals surface area contributed by atoms with Crippen LogP contribution in [0.25, 0.3) is 0 Å². The van der Waals surface area contributed by atoms with Crippen LogP contribution in [0, 0.1) is 5.92 Å². The van der Waals surface area contributed by atoms with Gasteiger partial charge < -0.3 is 25.0 Å². The molecule has 1 aromatic heterocycles. The lowest BCUT2D eigenvalue weighted by molar-refractivity contribution is 0.122. The normalized spacial score (nSPS) is 19.4. The van der Waals surface area contributed by atoms with Crippen LogP contribution in [0.1, 0.15) is 18.4 Å². The number of amides is 2. The fourth-order valence-electron chi connectivity index (χ4n) is 3.23. The standard InChI is InChI=1S/C17H26N4O3/c22-13-14-3-6-21(7-4-14)17(23)19-12-15-2-1-5-18-16(15)20-8-10-24-11-9-20/h1-2,5,14,22H,3-4,6-13H2,(H,19,23). The number of piperidine rings is 1. The fraction of sp³-hybridized carbons (Fsp3) is 0.647. The van der Waals surface area contributed by atoms with Crippen LogP contribution in [0.15, 0.2) is 18.3 Å². The molecule has 132 valence electrons. The molecule has 2 aliphatic rings. The minimum absolute atomic E-state index is 0.0387. The topological polar surface area (TPSA) is 77.9 Å². The van der Waals surface area contributed by atoms with Crippen LogP contribution in [-0.2, 0) is 11.3 Å². The molecule has 0 bridgehead atoms. The lowest BCUT2D eigenvalue weighted by Gasteiger charge is -2.32. The third-order valence-electron chi connectivity index (χ3n) is 4.77. The highest BCUT2D eigenvalue weighted by molar-refractivity contribution is 5.74. The molecular weight excluding hydrogens is 308 g/mol. The number of nitrogens with zero attached hydrogens (tertiary/aromatic N) is 3. The Morgan fingerprint density at radius 2 is 2.04 bits per heavy atom. The Morgan fingerprint density at radius 3 is 2.75 bits per heavy atom. The summed E-state index contributed by atoms with van der Waals surface area (Å²) in [7, 11) is 0. The van der Waals surface area contributed by atoms with Crippen LogP contribution >= 0.6 is 0 Å². The van der Waals surface area contributed by atoms with Gasteiger partial charge in [0, 0.05) is 51.1 Å².